The number of thioether (sulfide) groups is 1. The minimum absolute atomic E-state index is 0.936. The molecule has 3 rings (SSSR count). The van der Waals surface area contributed by atoms with E-state index in [0.717, 1.165) is 33.7 Å². The highest BCUT2D eigenvalue weighted by atomic mass is 32.2. The van der Waals surface area contributed by atoms with Crippen molar-refractivity contribution in [3.8, 4) is 0 Å². The lowest BCUT2D eigenvalue weighted by Gasteiger charge is -1.96. The van der Waals surface area contributed by atoms with Gasteiger partial charge in [0.1, 0.15) is 0 Å². The van der Waals surface area contributed by atoms with Crippen molar-refractivity contribution < 1.29 is 0 Å². The highest BCUT2D eigenvalue weighted by molar-refractivity contribution is 8.00. The molecule has 6 heteroatoms. The van der Waals surface area contributed by atoms with Crippen LogP contribution in [0.25, 0.3) is 10.2 Å². The summed E-state index contributed by atoms with van der Waals surface area (Å²) in [6.07, 6.45) is 3.08. The smallest absolute Gasteiger partial charge is 0.182 e. The van der Waals surface area contributed by atoms with Crippen LogP contribution in [0.15, 0.2) is 34.8 Å². The molecule has 0 aliphatic carbocycles. The third-order valence-electron chi connectivity index (χ3n) is 2.69. The lowest BCUT2D eigenvalue weighted by molar-refractivity contribution is 0.976. The normalized spacial score (nSPS) is 11.1. The number of benzene rings is 1. The van der Waals surface area contributed by atoms with Crippen LogP contribution in [0.1, 0.15) is 18.2 Å². The van der Waals surface area contributed by atoms with E-state index >= 15 is 0 Å². The average Bonchev–Trinajstić information content (AvgIpc) is 3.09. The Morgan fingerprint density at radius 2 is 2.15 bits per heavy atom. The number of hydrogen-bond acceptors (Lipinski definition) is 6. The van der Waals surface area contributed by atoms with Gasteiger partial charge in [0.05, 0.1) is 10.2 Å². The molecule has 20 heavy (non-hydrogen) atoms. The van der Waals surface area contributed by atoms with E-state index in [1.807, 2.05) is 12.3 Å². The molecule has 0 aliphatic rings. The number of hydrogen-bond donors (Lipinski definition) is 1. The first-order valence-corrected chi connectivity index (χ1v) is 9.14. The van der Waals surface area contributed by atoms with Gasteiger partial charge in [-0.3, -0.25) is 0 Å². The van der Waals surface area contributed by atoms with Gasteiger partial charge in [0.15, 0.2) is 9.47 Å². The summed E-state index contributed by atoms with van der Waals surface area (Å²) in [7, 11) is 0. The van der Waals surface area contributed by atoms with Crippen LogP contribution >= 0.6 is 34.4 Å². The van der Waals surface area contributed by atoms with E-state index < -0.39 is 0 Å². The van der Waals surface area contributed by atoms with Crippen molar-refractivity contribution in [2.24, 2.45) is 0 Å². The molecule has 3 aromatic rings. The van der Waals surface area contributed by atoms with Crippen molar-refractivity contribution in [3.05, 3.63) is 35.3 Å². The molecular weight excluding hydrogens is 306 g/mol. The first-order valence-electron chi connectivity index (χ1n) is 6.52. The fourth-order valence-electron chi connectivity index (χ4n) is 1.73. The van der Waals surface area contributed by atoms with Crippen LogP contribution in [0.4, 0.5) is 5.13 Å². The Morgan fingerprint density at radius 3 is 3.00 bits per heavy atom. The Morgan fingerprint density at radius 1 is 1.25 bits per heavy atom. The van der Waals surface area contributed by atoms with Gasteiger partial charge >= 0.3 is 0 Å². The van der Waals surface area contributed by atoms with Gasteiger partial charge in [0.2, 0.25) is 0 Å². The van der Waals surface area contributed by atoms with Gasteiger partial charge in [-0.1, -0.05) is 30.8 Å². The topological polar surface area (TPSA) is 37.8 Å². The van der Waals surface area contributed by atoms with Crippen LogP contribution in [0.5, 0.6) is 0 Å². The summed E-state index contributed by atoms with van der Waals surface area (Å²) in [5.74, 6) is 0.936. The van der Waals surface area contributed by atoms with Gasteiger partial charge in [0, 0.05) is 23.4 Å². The zero-order valence-electron chi connectivity index (χ0n) is 11.1. The Balaban J connectivity index is 1.62. The van der Waals surface area contributed by atoms with E-state index in [-0.39, 0.29) is 0 Å². The van der Waals surface area contributed by atoms with Crippen molar-refractivity contribution >= 4 is 49.8 Å². The number of thiazole rings is 2. The van der Waals surface area contributed by atoms with Gasteiger partial charge in [-0.2, -0.15) is 0 Å². The summed E-state index contributed by atoms with van der Waals surface area (Å²) < 4.78 is 2.38. The summed E-state index contributed by atoms with van der Waals surface area (Å²) >= 11 is 5.28. The minimum Gasteiger partial charge on any atom is -0.362 e. The molecule has 0 radical (unpaired) electrons. The predicted octanol–water partition coefficient (Wildman–Crippen LogP) is 4.87. The van der Waals surface area contributed by atoms with E-state index in [0.29, 0.717) is 0 Å². The molecule has 1 N–H and O–H groups in total. The van der Waals surface area contributed by atoms with Crippen LogP contribution in [-0.4, -0.2) is 16.5 Å². The maximum Gasteiger partial charge on any atom is 0.182 e. The number of fused-ring (bicyclic) bond motifs is 1. The van der Waals surface area contributed by atoms with Crippen molar-refractivity contribution in [2.45, 2.75) is 23.4 Å². The molecule has 0 atom stereocenters. The van der Waals surface area contributed by atoms with Gasteiger partial charge in [-0.15, -0.1) is 22.7 Å². The molecule has 3 nitrogen and oxygen atoms in total. The summed E-state index contributed by atoms with van der Waals surface area (Å²) in [5.41, 5.74) is 1.09. The average molecular weight is 321 g/mol. The van der Waals surface area contributed by atoms with E-state index in [1.165, 1.54) is 9.58 Å². The molecule has 0 unspecified atom stereocenters. The maximum atomic E-state index is 4.63. The molecule has 0 bridgehead atoms. The number of para-hydroxylation sites is 1. The zero-order valence-corrected chi connectivity index (χ0v) is 13.6. The molecule has 1 aromatic carbocycles. The second kappa shape index (κ2) is 6.56. The number of anilines is 1. The summed E-state index contributed by atoms with van der Waals surface area (Å²) in [5, 5.41) is 4.34. The fourth-order valence-corrected chi connectivity index (χ4v) is 4.66. The molecule has 0 aliphatic heterocycles. The Hall–Kier alpha value is -1.11. The predicted molar refractivity (Wildman–Crippen MR) is 90.1 cm³/mol. The second-order valence-corrected chi connectivity index (χ2v) is 7.66. The number of aromatic nitrogens is 2. The molecular formula is C14H15N3S3. The third kappa shape index (κ3) is 3.31. The van der Waals surface area contributed by atoms with E-state index in [4.69, 9.17) is 0 Å². The standard InChI is InChI=1S/C14H15N3S3/c1-2-7-15-13-16-8-10(19-13)9-18-14-17-11-5-3-4-6-12(11)20-14/h3-6,8H,2,7,9H2,1H3,(H,15,16). The van der Waals surface area contributed by atoms with Crippen molar-refractivity contribution in [1.82, 2.24) is 9.97 Å². The van der Waals surface area contributed by atoms with Crippen molar-refractivity contribution in [2.75, 3.05) is 11.9 Å². The molecule has 104 valence electrons. The zero-order chi connectivity index (χ0) is 13.8. The lowest BCUT2D eigenvalue weighted by atomic mass is 10.3. The van der Waals surface area contributed by atoms with E-state index in [1.54, 1.807) is 34.4 Å². The second-order valence-electron chi connectivity index (χ2n) is 4.29. The summed E-state index contributed by atoms with van der Waals surface area (Å²) in [6.45, 7) is 3.14. The molecule has 2 heterocycles. The van der Waals surface area contributed by atoms with Crippen LogP contribution in [-0.2, 0) is 5.75 Å². The Kier molecular flexibility index (Phi) is 4.54. The molecule has 0 saturated carbocycles. The van der Waals surface area contributed by atoms with Crippen molar-refractivity contribution in [1.29, 1.82) is 0 Å². The molecule has 2 aromatic heterocycles. The number of nitrogens with zero attached hydrogens (tertiary/aromatic N) is 2. The summed E-state index contributed by atoms with van der Waals surface area (Å²) in [4.78, 5) is 10.3. The molecule has 0 amide bonds. The first kappa shape index (κ1) is 13.9. The largest absolute Gasteiger partial charge is 0.362 e. The van der Waals surface area contributed by atoms with Gasteiger partial charge < -0.3 is 5.32 Å². The van der Waals surface area contributed by atoms with Crippen LogP contribution in [0, 0.1) is 0 Å². The highest BCUT2D eigenvalue weighted by Crippen LogP contribution is 2.32. The third-order valence-corrected chi connectivity index (χ3v) is 6.06. The highest BCUT2D eigenvalue weighted by Gasteiger charge is 2.06. The van der Waals surface area contributed by atoms with Crippen LogP contribution in [0.2, 0.25) is 0 Å². The SMILES string of the molecule is CCCNc1ncc(CSc2nc3ccccc3s2)s1. The number of nitrogens with one attached hydrogen (secondary N) is 1. The summed E-state index contributed by atoms with van der Waals surface area (Å²) in [6, 6.07) is 8.28. The Bertz CT molecular complexity index is 657. The quantitative estimate of drug-likeness (QED) is 0.657. The Labute approximate surface area is 130 Å². The van der Waals surface area contributed by atoms with E-state index in [2.05, 4.69) is 40.4 Å². The number of rotatable bonds is 6. The van der Waals surface area contributed by atoms with Gasteiger partial charge in [-0.05, 0) is 18.6 Å². The van der Waals surface area contributed by atoms with Crippen molar-refractivity contribution in [3.63, 3.8) is 0 Å². The molecule has 0 fully saturated rings. The fraction of sp³-hybridized carbons (Fsp3) is 0.286. The van der Waals surface area contributed by atoms with E-state index in [9.17, 15) is 0 Å². The maximum absolute atomic E-state index is 4.63. The first-order chi connectivity index (χ1) is 9.85. The molecule has 0 saturated heterocycles. The monoisotopic (exact) mass is 321 g/mol. The van der Waals surface area contributed by atoms with Crippen LogP contribution < -0.4 is 5.32 Å². The van der Waals surface area contributed by atoms with Crippen LogP contribution in [0.3, 0.4) is 0 Å². The lowest BCUT2D eigenvalue weighted by Crippen LogP contribution is -1.97. The van der Waals surface area contributed by atoms with Gasteiger partial charge in [0.25, 0.3) is 0 Å². The minimum atomic E-state index is 0.936. The van der Waals surface area contributed by atoms with Gasteiger partial charge in [-0.25, -0.2) is 9.97 Å². The molecule has 0 spiro atoms.